The van der Waals surface area contributed by atoms with Crippen molar-refractivity contribution in [3.8, 4) is 11.1 Å². The first-order valence-corrected chi connectivity index (χ1v) is 16.6. The van der Waals surface area contributed by atoms with E-state index in [4.69, 9.17) is 4.74 Å². The van der Waals surface area contributed by atoms with Gasteiger partial charge in [-0.25, -0.2) is 14.8 Å². The zero-order valence-corrected chi connectivity index (χ0v) is 27.9. The van der Waals surface area contributed by atoms with Crippen LogP contribution in [0.1, 0.15) is 81.9 Å². The molecule has 1 N–H and O–H groups in total. The van der Waals surface area contributed by atoms with Gasteiger partial charge >= 0.3 is 24.4 Å². The Morgan fingerprint density at radius 3 is 1.90 bits per heavy atom. The van der Waals surface area contributed by atoms with Crippen LogP contribution < -0.4 is 4.90 Å². The van der Waals surface area contributed by atoms with Gasteiger partial charge in [0.25, 0.3) is 0 Å². The Morgan fingerprint density at radius 1 is 0.880 bits per heavy atom. The number of carbonyl (C=O) groups is 2. The summed E-state index contributed by atoms with van der Waals surface area (Å²) in [6.45, 7) is 3.43. The summed E-state index contributed by atoms with van der Waals surface area (Å²) in [5.74, 6) is -1.22. The molecule has 2 aliphatic rings. The molecule has 0 bridgehead atoms. The van der Waals surface area contributed by atoms with E-state index in [1.165, 1.54) is 12.4 Å². The molecule has 2 unspecified atom stereocenters. The number of anilines is 1. The van der Waals surface area contributed by atoms with Gasteiger partial charge in [0, 0.05) is 61.4 Å². The first-order chi connectivity index (χ1) is 23.6. The summed E-state index contributed by atoms with van der Waals surface area (Å²) in [5.41, 5.74) is -1.70. The molecule has 1 amide bonds. The predicted molar refractivity (Wildman–Crippen MR) is 170 cm³/mol. The van der Waals surface area contributed by atoms with Crippen molar-refractivity contribution in [1.29, 1.82) is 0 Å². The lowest BCUT2D eigenvalue weighted by Gasteiger charge is -2.47. The minimum absolute atomic E-state index is 0.103. The summed E-state index contributed by atoms with van der Waals surface area (Å²) < 4.78 is 90.3. The number of aryl methyl sites for hydroxylation is 1. The second kappa shape index (κ2) is 14.9. The number of aliphatic carboxylic acids is 1. The number of benzene rings is 1. The summed E-state index contributed by atoms with van der Waals surface area (Å²) >= 11 is 0. The number of halogens is 6. The Balaban J connectivity index is 1.46. The van der Waals surface area contributed by atoms with Gasteiger partial charge in [0.05, 0.1) is 23.2 Å². The fraction of sp³-hybridized carbons (Fsp3) is 0.559. The molecule has 5 rings (SSSR count). The molecule has 16 heteroatoms. The molecule has 0 radical (unpaired) electrons. The molecule has 1 saturated carbocycles. The lowest BCUT2D eigenvalue weighted by atomic mass is 9.87. The van der Waals surface area contributed by atoms with E-state index in [-0.39, 0.29) is 36.2 Å². The third-order valence-electron chi connectivity index (χ3n) is 9.69. The smallest absolute Gasteiger partial charge is 0.416 e. The zero-order chi connectivity index (χ0) is 36.4. The maximum absolute atomic E-state index is 13.8. The summed E-state index contributed by atoms with van der Waals surface area (Å²) in [7, 11) is 1.74. The van der Waals surface area contributed by atoms with E-state index < -0.39 is 53.6 Å². The number of aromatic nitrogens is 4. The molecule has 2 fully saturated rings. The molecule has 0 spiro atoms. The molecule has 3 heterocycles. The van der Waals surface area contributed by atoms with Crippen molar-refractivity contribution in [2.45, 2.75) is 108 Å². The number of amides is 1. The molecular formula is C34H40F6N6O4. The first-order valence-electron chi connectivity index (χ1n) is 16.6. The topological polar surface area (TPSA) is 114 Å². The molecule has 1 aliphatic heterocycles. The van der Waals surface area contributed by atoms with E-state index >= 15 is 0 Å². The van der Waals surface area contributed by atoms with Gasteiger partial charge in [0.2, 0.25) is 5.95 Å². The lowest BCUT2D eigenvalue weighted by molar-refractivity contribution is -0.144. The number of likely N-dealkylation sites (tertiary alicyclic amines) is 1. The van der Waals surface area contributed by atoms with Crippen molar-refractivity contribution in [2.24, 2.45) is 13.0 Å². The largest absolute Gasteiger partial charge is 0.481 e. The molecule has 3 atom stereocenters. The SMILES string of the molecule is CCC1CC(N(Cc2cc(C(F)(F)F)cc(C(F)(F)F)c2)c2ncc(-c3cnn(C)c3)cn2)C[C@@H](CC)N1C(=O)OC1CCC(C(=O)O)CC1. The van der Waals surface area contributed by atoms with Crippen LogP contribution in [0.2, 0.25) is 0 Å². The molecule has 50 heavy (non-hydrogen) atoms. The third kappa shape index (κ3) is 8.49. The minimum atomic E-state index is -5.01. The number of rotatable bonds is 9. The monoisotopic (exact) mass is 710 g/mol. The molecule has 10 nitrogen and oxygen atoms in total. The fourth-order valence-corrected chi connectivity index (χ4v) is 7.02. The average Bonchev–Trinajstić information content (AvgIpc) is 3.52. The number of piperidine rings is 1. The van der Waals surface area contributed by atoms with E-state index in [2.05, 4.69) is 15.1 Å². The Bertz CT molecular complexity index is 1590. The number of hydrogen-bond acceptors (Lipinski definition) is 7. The van der Waals surface area contributed by atoms with Gasteiger partial charge < -0.3 is 19.6 Å². The summed E-state index contributed by atoms with van der Waals surface area (Å²) in [4.78, 5) is 37.3. The second-order valence-corrected chi connectivity index (χ2v) is 13.1. The predicted octanol–water partition coefficient (Wildman–Crippen LogP) is 7.72. The van der Waals surface area contributed by atoms with Crippen molar-refractivity contribution < 1.29 is 45.8 Å². The summed E-state index contributed by atoms with van der Waals surface area (Å²) in [6, 6.07) is 0.328. The van der Waals surface area contributed by atoms with Gasteiger partial charge in [0.15, 0.2) is 0 Å². The zero-order valence-electron chi connectivity index (χ0n) is 27.9. The highest BCUT2D eigenvalue weighted by molar-refractivity contribution is 5.70. The van der Waals surface area contributed by atoms with E-state index in [9.17, 15) is 41.0 Å². The van der Waals surface area contributed by atoms with Crippen LogP contribution in [0.4, 0.5) is 37.1 Å². The molecule has 1 saturated heterocycles. The maximum Gasteiger partial charge on any atom is 0.416 e. The highest BCUT2D eigenvalue weighted by Crippen LogP contribution is 2.39. The molecular weight excluding hydrogens is 670 g/mol. The van der Waals surface area contributed by atoms with Gasteiger partial charge in [-0.05, 0) is 75.1 Å². The molecule has 1 aliphatic carbocycles. The number of hydrogen-bond donors (Lipinski definition) is 1. The summed E-state index contributed by atoms with van der Waals surface area (Å²) in [6.07, 6.45) is -1.20. The van der Waals surface area contributed by atoms with E-state index in [0.717, 1.165) is 5.56 Å². The van der Waals surface area contributed by atoms with Crippen LogP contribution in [0.15, 0.2) is 43.0 Å². The standard InChI is InChI=1S/C34H40F6N6O4/c1-4-26-13-28(14-27(5-2)46(26)32(49)50-29-8-6-21(7-9-29)30(47)48)45(31-41-15-22(16-42-31)23-17-43-44(3)19-23)18-20-10-24(33(35,36)37)12-25(11-20)34(38,39)40/h10-12,15-17,19,21,26-29H,4-9,13-14,18H2,1-3H3,(H,47,48)/t21?,26-,27?,28?,29?/m1/s1. The Labute approximate surface area is 285 Å². The van der Waals surface area contributed by atoms with Gasteiger partial charge in [-0.15, -0.1) is 0 Å². The lowest BCUT2D eigenvalue weighted by Crippen LogP contribution is -2.57. The Hall–Kier alpha value is -4.37. The van der Waals surface area contributed by atoms with Crippen molar-refractivity contribution >= 4 is 18.0 Å². The Kier molecular flexibility index (Phi) is 11.0. The van der Waals surface area contributed by atoms with Crippen LogP contribution in [0.5, 0.6) is 0 Å². The molecule has 1 aromatic carbocycles. The van der Waals surface area contributed by atoms with Crippen LogP contribution in [0.3, 0.4) is 0 Å². The summed E-state index contributed by atoms with van der Waals surface area (Å²) in [5, 5.41) is 13.5. The van der Waals surface area contributed by atoms with Crippen LogP contribution in [0, 0.1) is 5.92 Å². The van der Waals surface area contributed by atoms with Gasteiger partial charge in [0.1, 0.15) is 6.10 Å². The van der Waals surface area contributed by atoms with Crippen molar-refractivity contribution in [3.63, 3.8) is 0 Å². The fourth-order valence-electron chi connectivity index (χ4n) is 7.02. The van der Waals surface area contributed by atoms with Gasteiger partial charge in [-0.2, -0.15) is 31.4 Å². The van der Waals surface area contributed by atoms with Gasteiger partial charge in [-0.3, -0.25) is 9.48 Å². The average molecular weight is 711 g/mol. The van der Waals surface area contributed by atoms with Crippen LogP contribution >= 0.6 is 0 Å². The minimum Gasteiger partial charge on any atom is -0.481 e. The highest BCUT2D eigenvalue weighted by atomic mass is 19.4. The number of nitrogens with zero attached hydrogens (tertiary/aromatic N) is 6. The van der Waals surface area contributed by atoms with Crippen LogP contribution in [-0.2, 0) is 35.5 Å². The number of ether oxygens (including phenoxy) is 1. The van der Waals surface area contributed by atoms with Crippen molar-refractivity contribution in [2.75, 3.05) is 4.90 Å². The van der Waals surface area contributed by atoms with Crippen LogP contribution in [-0.4, -0.2) is 66.0 Å². The third-order valence-corrected chi connectivity index (χ3v) is 9.69. The van der Waals surface area contributed by atoms with E-state index in [0.29, 0.717) is 69.1 Å². The second-order valence-electron chi connectivity index (χ2n) is 13.1. The normalized spacial score (nSPS) is 23.1. The highest BCUT2D eigenvalue weighted by Gasteiger charge is 2.42. The Morgan fingerprint density at radius 2 is 1.44 bits per heavy atom. The maximum atomic E-state index is 13.8. The van der Waals surface area contributed by atoms with Crippen molar-refractivity contribution in [1.82, 2.24) is 24.6 Å². The first kappa shape index (κ1) is 36.9. The van der Waals surface area contributed by atoms with Crippen LogP contribution in [0.25, 0.3) is 11.1 Å². The quantitative estimate of drug-likeness (QED) is 0.225. The molecule has 272 valence electrons. The number of carboxylic acid groups (broad SMARTS) is 1. The van der Waals surface area contributed by atoms with Crippen molar-refractivity contribution in [3.05, 3.63) is 59.7 Å². The van der Waals surface area contributed by atoms with E-state index in [1.54, 1.807) is 33.9 Å². The molecule has 3 aromatic rings. The number of carbonyl (C=O) groups excluding carboxylic acids is 1. The molecule has 2 aromatic heterocycles. The van der Waals surface area contributed by atoms with Gasteiger partial charge in [-0.1, -0.05) is 13.8 Å². The van der Waals surface area contributed by atoms with E-state index in [1.807, 2.05) is 13.8 Å². The number of carboxylic acids is 1. The number of alkyl halides is 6.